The summed E-state index contributed by atoms with van der Waals surface area (Å²) in [5.74, 6) is -0.110. The number of hydrogen-bond donors (Lipinski definition) is 3. The summed E-state index contributed by atoms with van der Waals surface area (Å²) in [5, 5.41) is 8.91. The number of aryl methyl sites for hydroxylation is 1. The van der Waals surface area contributed by atoms with E-state index < -0.39 is 0 Å². The first kappa shape index (κ1) is 19.5. The fourth-order valence-electron chi connectivity index (χ4n) is 4.06. The van der Waals surface area contributed by atoms with E-state index >= 15 is 0 Å². The van der Waals surface area contributed by atoms with Crippen molar-refractivity contribution >= 4 is 17.6 Å². The van der Waals surface area contributed by atoms with Crippen molar-refractivity contribution in [3.63, 3.8) is 0 Å². The van der Waals surface area contributed by atoms with Crippen LogP contribution in [0, 0.1) is 0 Å². The summed E-state index contributed by atoms with van der Waals surface area (Å²) in [6.45, 7) is 1.03. The SMILES string of the molecule is O=C(NCc1cccc(NC(=O)C2CCCO2)c1)NC1CCCc2ccccc21. The smallest absolute Gasteiger partial charge is 0.315 e. The predicted molar refractivity (Wildman–Crippen MR) is 112 cm³/mol. The zero-order valence-electron chi connectivity index (χ0n) is 16.4. The van der Waals surface area contributed by atoms with Gasteiger partial charge in [-0.05, 0) is 60.9 Å². The first-order chi connectivity index (χ1) is 14.2. The number of rotatable bonds is 5. The van der Waals surface area contributed by atoms with Gasteiger partial charge in [-0.25, -0.2) is 4.79 Å². The molecule has 0 radical (unpaired) electrons. The lowest BCUT2D eigenvalue weighted by molar-refractivity contribution is -0.124. The molecule has 6 heteroatoms. The van der Waals surface area contributed by atoms with E-state index in [9.17, 15) is 9.59 Å². The summed E-state index contributed by atoms with van der Waals surface area (Å²) in [5.41, 5.74) is 4.17. The first-order valence-corrected chi connectivity index (χ1v) is 10.3. The Balaban J connectivity index is 1.30. The molecule has 1 saturated heterocycles. The summed E-state index contributed by atoms with van der Waals surface area (Å²) >= 11 is 0. The molecule has 152 valence electrons. The van der Waals surface area contributed by atoms with Crippen LogP contribution in [-0.2, 0) is 22.5 Å². The van der Waals surface area contributed by atoms with Gasteiger partial charge in [0.2, 0.25) is 0 Å². The van der Waals surface area contributed by atoms with Crippen molar-refractivity contribution in [3.05, 3.63) is 65.2 Å². The van der Waals surface area contributed by atoms with E-state index in [1.165, 1.54) is 11.1 Å². The molecule has 1 heterocycles. The number of hydrogen-bond acceptors (Lipinski definition) is 3. The average Bonchev–Trinajstić information content (AvgIpc) is 3.28. The molecule has 3 N–H and O–H groups in total. The fraction of sp³-hybridized carbons (Fsp3) is 0.391. The quantitative estimate of drug-likeness (QED) is 0.725. The van der Waals surface area contributed by atoms with Gasteiger partial charge in [-0.15, -0.1) is 0 Å². The summed E-state index contributed by atoms with van der Waals surface area (Å²) < 4.78 is 5.42. The Labute approximate surface area is 171 Å². The lowest BCUT2D eigenvalue weighted by Crippen LogP contribution is -2.38. The van der Waals surface area contributed by atoms with E-state index in [1.807, 2.05) is 36.4 Å². The minimum Gasteiger partial charge on any atom is -0.368 e. The average molecular weight is 393 g/mol. The second-order valence-electron chi connectivity index (χ2n) is 7.66. The number of carbonyl (C=O) groups excluding carboxylic acids is 2. The molecule has 4 rings (SSSR count). The molecule has 1 fully saturated rings. The minimum absolute atomic E-state index is 0.0528. The number of urea groups is 1. The van der Waals surface area contributed by atoms with Crippen LogP contribution in [0.3, 0.4) is 0 Å². The van der Waals surface area contributed by atoms with E-state index in [4.69, 9.17) is 4.74 Å². The normalized spacial score (nSPS) is 20.6. The first-order valence-electron chi connectivity index (χ1n) is 10.3. The maximum atomic E-state index is 12.4. The van der Waals surface area contributed by atoms with Gasteiger partial charge < -0.3 is 20.7 Å². The van der Waals surface area contributed by atoms with E-state index in [2.05, 4.69) is 28.1 Å². The largest absolute Gasteiger partial charge is 0.368 e. The molecule has 2 atom stereocenters. The summed E-state index contributed by atoms with van der Waals surface area (Å²) in [6, 6.07) is 15.7. The van der Waals surface area contributed by atoms with Crippen molar-refractivity contribution in [2.24, 2.45) is 0 Å². The Morgan fingerprint density at radius 3 is 2.79 bits per heavy atom. The highest BCUT2D eigenvalue weighted by Crippen LogP contribution is 2.29. The van der Waals surface area contributed by atoms with Gasteiger partial charge in [-0.2, -0.15) is 0 Å². The third-order valence-electron chi connectivity index (χ3n) is 5.54. The molecule has 1 aliphatic heterocycles. The van der Waals surface area contributed by atoms with E-state index in [0.29, 0.717) is 18.8 Å². The summed E-state index contributed by atoms with van der Waals surface area (Å²) in [4.78, 5) is 24.6. The van der Waals surface area contributed by atoms with Gasteiger partial charge in [0.05, 0.1) is 6.04 Å². The highest BCUT2D eigenvalue weighted by molar-refractivity contribution is 5.94. The van der Waals surface area contributed by atoms with E-state index in [-0.39, 0.29) is 24.1 Å². The molecule has 0 saturated carbocycles. The Morgan fingerprint density at radius 1 is 1.03 bits per heavy atom. The molecule has 2 unspecified atom stereocenters. The van der Waals surface area contributed by atoms with Gasteiger partial charge in [0.15, 0.2) is 0 Å². The highest BCUT2D eigenvalue weighted by Gasteiger charge is 2.24. The van der Waals surface area contributed by atoms with Crippen molar-refractivity contribution in [3.8, 4) is 0 Å². The van der Waals surface area contributed by atoms with Gasteiger partial charge in [-0.1, -0.05) is 36.4 Å². The number of nitrogens with one attached hydrogen (secondary N) is 3. The molecule has 3 amide bonds. The van der Waals surface area contributed by atoms with Crippen molar-refractivity contribution in [2.75, 3.05) is 11.9 Å². The van der Waals surface area contributed by atoms with E-state index in [0.717, 1.165) is 37.7 Å². The van der Waals surface area contributed by atoms with Crippen LogP contribution in [0.2, 0.25) is 0 Å². The van der Waals surface area contributed by atoms with Crippen LogP contribution in [-0.4, -0.2) is 24.6 Å². The molecular weight excluding hydrogens is 366 g/mol. The van der Waals surface area contributed by atoms with Crippen LogP contribution in [0.5, 0.6) is 0 Å². The molecule has 0 aromatic heterocycles. The van der Waals surface area contributed by atoms with Gasteiger partial charge >= 0.3 is 6.03 Å². The standard InChI is InChI=1S/C23H27N3O3/c27-22(21-12-5-13-29-21)25-18-9-3-6-16(14-18)15-24-23(28)26-20-11-4-8-17-7-1-2-10-19(17)20/h1-3,6-7,9-10,14,20-21H,4-5,8,11-13,15H2,(H,25,27)(H2,24,26,28). The molecule has 2 aromatic carbocycles. The zero-order valence-corrected chi connectivity index (χ0v) is 16.4. The second-order valence-corrected chi connectivity index (χ2v) is 7.66. The number of ether oxygens (including phenoxy) is 1. The third kappa shape index (κ3) is 4.95. The predicted octanol–water partition coefficient (Wildman–Crippen LogP) is 3.68. The van der Waals surface area contributed by atoms with Crippen molar-refractivity contribution in [1.29, 1.82) is 0 Å². The van der Waals surface area contributed by atoms with Crippen molar-refractivity contribution in [2.45, 2.75) is 50.8 Å². The van der Waals surface area contributed by atoms with Crippen LogP contribution in [0.15, 0.2) is 48.5 Å². The van der Waals surface area contributed by atoms with Gasteiger partial charge in [-0.3, -0.25) is 4.79 Å². The molecule has 29 heavy (non-hydrogen) atoms. The highest BCUT2D eigenvalue weighted by atomic mass is 16.5. The zero-order chi connectivity index (χ0) is 20.1. The molecule has 0 spiro atoms. The Bertz CT molecular complexity index is 877. The third-order valence-corrected chi connectivity index (χ3v) is 5.54. The lowest BCUT2D eigenvalue weighted by atomic mass is 9.88. The molecule has 2 aromatic rings. The topological polar surface area (TPSA) is 79.5 Å². The molecule has 1 aliphatic carbocycles. The molecule has 2 aliphatic rings. The monoisotopic (exact) mass is 393 g/mol. The second kappa shape index (κ2) is 9.09. The Hall–Kier alpha value is -2.86. The summed E-state index contributed by atoms with van der Waals surface area (Å²) in [6.07, 6.45) is 4.42. The van der Waals surface area contributed by atoms with Crippen LogP contribution < -0.4 is 16.0 Å². The van der Waals surface area contributed by atoms with Crippen molar-refractivity contribution < 1.29 is 14.3 Å². The number of anilines is 1. The maximum absolute atomic E-state index is 12.4. The Kier molecular flexibility index (Phi) is 6.10. The van der Waals surface area contributed by atoms with Gasteiger partial charge in [0.25, 0.3) is 5.91 Å². The summed E-state index contributed by atoms with van der Waals surface area (Å²) in [7, 11) is 0. The van der Waals surface area contributed by atoms with Crippen LogP contribution in [0.1, 0.15) is 48.4 Å². The molecule has 0 bridgehead atoms. The number of carbonyl (C=O) groups is 2. The molecular formula is C23H27N3O3. The maximum Gasteiger partial charge on any atom is 0.315 e. The van der Waals surface area contributed by atoms with Gasteiger partial charge in [0.1, 0.15) is 6.10 Å². The van der Waals surface area contributed by atoms with Crippen LogP contribution in [0.25, 0.3) is 0 Å². The number of benzene rings is 2. The van der Waals surface area contributed by atoms with Crippen LogP contribution >= 0.6 is 0 Å². The number of amides is 3. The fourth-order valence-corrected chi connectivity index (χ4v) is 4.06. The molecule has 6 nitrogen and oxygen atoms in total. The van der Waals surface area contributed by atoms with Gasteiger partial charge in [0, 0.05) is 18.8 Å². The van der Waals surface area contributed by atoms with Crippen molar-refractivity contribution in [1.82, 2.24) is 10.6 Å². The minimum atomic E-state index is -0.360. The Morgan fingerprint density at radius 2 is 1.93 bits per heavy atom. The lowest BCUT2D eigenvalue weighted by Gasteiger charge is -2.26. The van der Waals surface area contributed by atoms with E-state index in [1.54, 1.807) is 0 Å². The number of fused-ring (bicyclic) bond motifs is 1. The van der Waals surface area contributed by atoms with Crippen LogP contribution in [0.4, 0.5) is 10.5 Å².